The first-order valence-electron chi connectivity index (χ1n) is 10.9. The van der Waals surface area contributed by atoms with Crippen molar-refractivity contribution in [3.05, 3.63) is 47.3 Å². The summed E-state index contributed by atoms with van der Waals surface area (Å²) >= 11 is 0. The Morgan fingerprint density at radius 2 is 1.97 bits per heavy atom. The van der Waals surface area contributed by atoms with Crippen molar-refractivity contribution in [1.29, 1.82) is 0 Å². The highest BCUT2D eigenvalue weighted by Gasteiger charge is 2.15. The minimum absolute atomic E-state index is 0.339. The van der Waals surface area contributed by atoms with Crippen LogP contribution in [0.3, 0.4) is 0 Å². The van der Waals surface area contributed by atoms with E-state index in [0.29, 0.717) is 13.2 Å². The number of aromatic nitrogens is 2. The van der Waals surface area contributed by atoms with Crippen LogP contribution in [0.25, 0.3) is 0 Å². The van der Waals surface area contributed by atoms with Crippen molar-refractivity contribution < 1.29 is 9.84 Å². The molecule has 3 rings (SSSR count). The third-order valence-corrected chi connectivity index (χ3v) is 5.46. The van der Waals surface area contributed by atoms with Gasteiger partial charge in [-0.05, 0) is 64.9 Å². The Kier molecular flexibility index (Phi) is 8.52. The molecule has 0 bridgehead atoms. The van der Waals surface area contributed by atoms with Crippen molar-refractivity contribution in [2.24, 2.45) is 0 Å². The summed E-state index contributed by atoms with van der Waals surface area (Å²) < 4.78 is 8.02. The lowest BCUT2D eigenvalue weighted by atomic mass is 10.1. The van der Waals surface area contributed by atoms with Gasteiger partial charge in [-0.1, -0.05) is 24.6 Å². The molecule has 0 amide bonds. The Balaban J connectivity index is 1.38. The number of hydrogen-bond acceptors (Lipinski definition) is 5. The fourth-order valence-electron chi connectivity index (χ4n) is 3.95. The first kappa shape index (κ1) is 21.8. The first-order chi connectivity index (χ1) is 14.1. The number of rotatable bonds is 11. The van der Waals surface area contributed by atoms with Crippen molar-refractivity contribution in [3.8, 4) is 5.75 Å². The number of β-amino-alcohol motifs (C(OH)–C–C–N with tert-alkyl or cyclic N) is 1. The molecule has 2 aromatic rings. The quantitative estimate of drug-likeness (QED) is 0.568. The van der Waals surface area contributed by atoms with Gasteiger partial charge in [0.2, 0.25) is 0 Å². The summed E-state index contributed by atoms with van der Waals surface area (Å²) in [6, 6.07) is 10.2. The molecule has 0 radical (unpaired) electrons. The standard InChI is InChI=1S/C23H36N4O2/c1-19-15-20(2)27(25-19)14-8-11-24-16-21-9-4-5-10-23(21)29-18-22(28)17-26-12-6-3-7-13-26/h4-5,9-10,15,22,24,28H,3,6-8,11-14,16-18H2,1-2H3. The van der Waals surface area contributed by atoms with E-state index < -0.39 is 6.10 Å². The molecule has 2 heterocycles. The topological polar surface area (TPSA) is 62.6 Å². The summed E-state index contributed by atoms with van der Waals surface area (Å²) in [4.78, 5) is 2.34. The first-order valence-corrected chi connectivity index (χ1v) is 10.9. The molecule has 0 aliphatic carbocycles. The van der Waals surface area contributed by atoms with Crippen LogP contribution in [0, 0.1) is 13.8 Å². The zero-order valence-electron chi connectivity index (χ0n) is 17.9. The number of nitrogens with zero attached hydrogens (tertiary/aromatic N) is 3. The van der Waals surface area contributed by atoms with E-state index >= 15 is 0 Å². The molecule has 0 spiro atoms. The number of aliphatic hydroxyl groups excluding tert-OH is 1. The van der Waals surface area contributed by atoms with Crippen molar-refractivity contribution in [3.63, 3.8) is 0 Å². The summed E-state index contributed by atoms with van der Waals surface area (Å²) in [5, 5.41) is 18.3. The average Bonchev–Trinajstić information content (AvgIpc) is 3.04. The fraction of sp³-hybridized carbons (Fsp3) is 0.609. The molecule has 1 aliphatic rings. The van der Waals surface area contributed by atoms with E-state index in [-0.39, 0.29) is 0 Å². The van der Waals surface area contributed by atoms with Gasteiger partial charge >= 0.3 is 0 Å². The van der Waals surface area contributed by atoms with Crippen LogP contribution in [0.2, 0.25) is 0 Å². The third-order valence-electron chi connectivity index (χ3n) is 5.46. The van der Waals surface area contributed by atoms with Gasteiger partial charge in [-0.15, -0.1) is 0 Å². The largest absolute Gasteiger partial charge is 0.491 e. The van der Waals surface area contributed by atoms with Crippen molar-refractivity contribution in [2.45, 2.75) is 58.7 Å². The van der Waals surface area contributed by atoms with Gasteiger partial charge in [-0.3, -0.25) is 4.68 Å². The number of ether oxygens (including phenoxy) is 1. The van der Waals surface area contributed by atoms with Crippen LogP contribution in [0.15, 0.2) is 30.3 Å². The van der Waals surface area contributed by atoms with Crippen LogP contribution in [0.1, 0.15) is 42.6 Å². The van der Waals surface area contributed by atoms with Crippen molar-refractivity contribution in [1.82, 2.24) is 20.0 Å². The van der Waals surface area contributed by atoms with Crippen LogP contribution in [-0.2, 0) is 13.1 Å². The Morgan fingerprint density at radius 1 is 1.17 bits per heavy atom. The SMILES string of the molecule is Cc1cc(C)n(CCCNCc2ccccc2OCC(O)CN2CCCCC2)n1. The average molecular weight is 401 g/mol. The van der Waals surface area contributed by atoms with Gasteiger partial charge in [0.05, 0.1) is 5.69 Å². The highest BCUT2D eigenvalue weighted by molar-refractivity contribution is 5.33. The maximum atomic E-state index is 10.3. The van der Waals surface area contributed by atoms with Crippen LogP contribution >= 0.6 is 0 Å². The Hall–Kier alpha value is -1.89. The molecule has 1 saturated heterocycles. The lowest BCUT2D eigenvalue weighted by Gasteiger charge is -2.28. The molecule has 1 atom stereocenters. The normalized spacial score (nSPS) is 16.1. The predicted molar refractivity (Wildman–Crippen MR) is 116 cm³/mol. The number of piperidine rings is 1. The van der Waals surface area contributed by atoms with E-state index in [9.17, 15) is 5.11 Å². The van der Waals surface area contributed by atoms with Crippen LogP contribution < -0.4 is 10.1 Å². The molecular weight excluding hydrogens is 364 g/mol. The predicted octanol–water partition coefficient (Wildman–Crippen LogP) is 2.91. The van der Waals surface area contributed by atoms with Gasteiger partial charge in [0, 0.05) is 30.9 Å². The molecular formula is C23H36N4O2. The molecule has 6 heteroatoms. The lowest BCUT2D eigenvalue weighted by molar-refractivity contribution is 0.0614. The van der Waals surface area contributed by atoms with Gasteiger partial charge in [-0.2, -0.15) is 5.10 Å². The molecule has 1 aromatic heterocycles. The molecule has 29 heavy (non-hydrogen) atoms. The summed E-state index contributed by atoms with van der Waals surface area (Å²) in [5.74, 6) is 0.858. The summed E-state index contributed by atoms with van der Waals surface area (Å²) in [5.41, 5.74) is 3.41. The second-order valence-corrected chi connectivity index (χ2v) is 8.11. The van der Waals surface area contributed by atoms with Crippen LogP contribution in [0.5, 0.6) is 5.75 Å². The summed E-state index contributed by atoms with van der Waals surface area (Å²) in [6.07, 6.45) is 4.36. The molecule has 1 aromatic carbocycles. The van der Waals surface area contributed by atoms with E-state index in [1.807, 2.05) is 25.1 Å². The molecule has 1 unspecified atom stereocenters. The summed E-state index contributed by atoms with van der Waals surface area (Å²) in [6.45, 7) is 9.96. The Bertz CT molecular complexity index is 740. The van der Waals surface area contributed by atoms with Gasteiger partial charge in [-0.25, -0.2) is 0 Å². The molecule has 2 N–H and O–H groups in total. The highest BCUT2D eigenvalue weighted by atomic mass is 16.5. The minimum Gasteiger partial charge on any atom is -0.491 e. The third kappa shape index (κ3) is 7.14. The number of benzene rings is 1. The second kappa shape index (κ2) is 11.3. The van der Waals surface area contributed by atoms with E-state index in [0.717, 1.165) is 56.2 Å². The molecule has 160 valence electrons. The van der Waals surface area contributed by atoms with E-state index in [1.165, 1.54) is 25.0 Å². The van der Waals surface area contributed by atoms with Gasteiger partial charge in [0.25, 0.3) is 0 Å². The fourth-order valence-corrected chi connectivity index (χ4v) is 3.95. The van der Waals surface area contributed by atoms with Crippen molar-refractivity contribution in [2.75, 3.05) is 32.8 Å². The molecule has 6 nitrogen and oxygen atoms in total. The minimum atomic E-state index is -0.449. The zero-order valence-corrected chi connectivity index (χ0v) is 17.9. The molecule has 0 saturated carbocycles. The molecule has 1 aliphatic heterocycles. The van der Waals surface area contributed by atoms with Gasteiger partial charge in [0.15, 0.2) is 0 Å². The number of nitrogens with one attached hydrogen (secondary N) is 1. The van der Waals surface area contributed by atoms with E-state index in [2.05, 4.69) is 39.1 Å². The highest BCUT2D eigenvalue weighted by Crippen LogP contribution is 2.18. The number of aliphatic hydroxyl groups is 1. The van der Waals surface area contributed by atoms with Gasteiger partial charge < -0.3 is 20.1 Å². The number of hydrogen-bond donors (Lipinski definition) is 2. The monoisotopic (exact) mass is 400 g/mol. The number of likely N-dealkylation sites (tertiary alicyclic amines) is 1. The maximum absolute atomic E-state index is 10.3. The molecule has 1 fully saturated rings. The number of para-hydroxylation sites is 1. The lowest BCUT2D eigenvalue weighted by Crippen LogP contribution is -2.38. The van der Waals surface area contributed by atoms with Gasteiger partial charge in [0.1, 0.15) is 18.5 Å². The number of aryl methyl sites for hydroxylation is 3. The maximum Gasteiger partial charge on any atom is 0.123 e. The van der Waals surface area contributed by atoms with Crippen LogP contribution in [0.4, 0.5) is 0 Å². The smallest absolute Gasteiger partial charge is 0.123 e. The van der Waals surface area contributed by atoms with E-state index in [4.69, 9.17) is 4.74 Å². The summed E-state index contributed by atoms with van der Waals surface area (Å²) in [7, 11) is 0. The Morgan fingerprint density at radius 3 is 2.72 bits per heavy atom. The Labute approximate surface area is 174 Å². The zero-order chi connectivity index (χ0) is 20.5. The van der Waals surface area contributed by atoms with Crippen molar-refractivity contribution >= 4 is 0 Å². The van der Waals surface area contributed by atoms with E-state index in [1.54, 1.807) is 0 Å². The second-order valence-electron chi connectivity index (χ2n) is 8.11. The van der Waals surface area contributed by atoms with Crippen LogP contribution in [-0.4, -0.2) is 58.7 Å².